The molecular weight excluding hydrogens is 358 g/mol. The van der Waals surface area contributed by atoms with Crippen molar-refractivity contribution in [1.29, 1.82) is 0 Å². The summed E-state index contributed by atoms with van der Waals surface area (Å²) in [6.45, 7) is 4.87. The lowest BCUT2D eigenvalue weighted by molar-refractivity contribution is -0.0499. The largest absolute Gasteiger partial charge is 0.337 e. The molecule has 4 atom stereocenters. The molecule has 0 saturated carbocycles. The van der Waals surface area contributed by atoms with Crippen LogP contribution in [0.25, 0.3) is 0 Å². The minimum absolute atomic E-state index is 0.119. The zero-order chi connectivity index (χ0) is 19.8. The Morgan fingerprint density at radius 3 is 2.72 bits per heavy atom. The van der Waals surface area contributed by atoms with Crippen LogP contribution < -0.4 is 0 Å². The third kappa shape index (κ3) is 3.83. The second kappa shape index (κ2) is 7.91. The van der Waals surface area contributed by atoms with Gasteiger partial charge in [0.25, 0.3) is 5.91 Å². The molecule has 0 radical (unpaired) electrons. The Kier molecular flexibility index (Phi) is 5.13. The molecule has 3 aliphatic heterocycles. The standard InChI is InChI=1S/C25H31N3O/c1-18-7-5-11-23(26-18)25(29)27-15-20-13-21(17-27)24-12-6-10-22(28(24)16-20)14-19-8-3-2-4-9-19/h2-5,7-9,11,20-22,24H,6,10,12-17H2,1H3/t20-,21+,22+,24-/m0/s1. The van der Waals surface area contributed by atoms with E-state index in [1.807, 2.05) is 25.1 Å². The van der Waals surface area contributed by atoms with Gasteiger partial charge in [0.2, 0.25) is 0 Å². The molecule has 4 heteroatoms. The molecule has 0 aliphatic carbocycles. The lowest BCUT2D eigenvalue weighted by Gasteiger charge is -2.55. The second-order valence-corrected chi connectivity index (χ2v) is 9.27. The number of rotatable bonds is 3. The summed E-state index contributed by atoms with van der Waals surface area (Å²) in [7, 11) is 0. The van der Waals surface area contributed by atoms with E-state index in [-0.39, 0.29) is 5.91 Å². The van der Waals surface area contributed by atoms with Crippen molar-refractivity contribution in [2.24, 2.45) is 11.8 Å². The number of fused-ring (bicyclic) bond motifs is 4. The van der Waals surface area contributed by atoms with E-state index < -0.39 is 0 Å². The Morgan fingerprint density at radius 1 is 1.03 bits per heavy atom. The van der Waals surface area contributed by atoms with Crippen molar-refractivity contribution in [3.8, 4) is 0 Å². The molecule has 4 nitrogen and oxygen atoms in total. The number of nitrogens with zero attached hydrogens (tertiary/aromatic N) is 3. The molecule has 1 aromatic carbocycles. The number of likely N-dealkylation sites (tertiary alicyclic amines) is 1. The first-order chi connectivity index (χ1) is 14.2. The highest BCUT2D eigenvalue weighted by Crippen LogP contribution is 2.40. The van der Waals surface area contributed by atoms with E-state index in [1.165, 1.54) is 31.2 Å². The molecule has 3 saturated heterocycles. The number of carbonyl (C=O) groups excluding carboxylic acids is 1. The topological polar surface area (TPSA) is 36.4 Å². The maximum atomic E-state index is 13.1. The molecule has 1 aromatic heterocycles. The lowest BCUT2D eigenvalue weighted by Crippen LogP contribution is -2.62. The predicted molar refractivity (Wildman–Crippen MR) is 115 cm³/mol. The van der Waals surface area contributed by atoms with Crippen LogP contribution in [0.3, 0.4) is 0 Å². The number of aromatic nitrogens is 1. The second-order valence-electron chi connectivity index (χ2n) is 9.27. The third-order valence-corrected chi connectivity index (χ3v) is 7.22. The van der Waals surface area contributed by atoms with Gasteiger partial charge < -0.3 is 4.90 Å². The molecule has 29 heavy (non-hydrogen) atoms. The molecule has 2 aromatic rings. The monoisotopic (exact) mass is 389 g/mol. The van der Waals surface area contributed by atoms with Crippen LogP contribution in [0.5, 0.6) is 0 Å². The van der Waals surface area contributed by atoms with Crippen LogP contribution in [-0.2, 0) is 6.42 Å². The number of amides is 1. The summed E-state index contributed by atoms with van der Waals surface area (Å²) in [5.74, 6) is 1.32. The van der Waals surface area contributed by atoms with Gasteiger partial charge in [-0.15, -0.1) is 0 Å². The number of piperidine rings is 3. The Morgan fingerprint density at radius 2 is 1.90 bits per heavy atom. The van der Waals surface area contributed by atoms with Crippen LogP contribution in [0, 0.1) is 18.8 Å². The van der Waals surface area contributed by atoms with Crippen LogP contribution in [0.4, 0.5) is 0 Å². The predicted octanol–water partition coefficient (Wildman–Crippen LogP) is 3.95. The Labute approximate surface area is 173 Å². The summed E-state index contributed by atoms with van der Waals surface area (Å²) in [4.78, 5) is 22.5. The fraction of sp³-hybridized carbons (Fsp3) is 0.520. The number of hydrogen-bond donors (Lipinski definition) is 0. The van der Waals surface area contributed by atoms with E-state index in [1.54, 1.807) is 0 Å². The minimum Gasteiger partial charge on any atom is -0.337 e. The van der Waals surface area contributed by atoms with Gasteiger partial charge in [0.05, 0.1) is 0 Å². The zero-order valence-electron chi connectivity index (χ0n) is 17.3. The van der Waals surface area contributed by atoms with Gasteiger partial charge in [-0.05, 0) is 62.1 Å². The van der Waals surface area contributed by atoms with Gasteiger partial charge in [0, 0.05) is 37.4 Å². The van der Waals surface area contributed by atoms with Crippen LogP contribution >= 0.6 is 0 Å². The van der Waals surface area contributed by atoms with E-state index in [9.17, 15) is 4.79 Å². The highest BCUT2D eigenvalue weighted by Gasteiger charge is 2.45. The van der Waals surface area contributed by atoms with Gasteiger partial charge >= 0.3 is 0 Å². The first-order valence-corrected chi connectivity index (χ1v) is 11.2. The number of carbonyl (C=O) groups is 1. The maximum Gasteiger partial charge on any atom is 0.272 e. The first-order valence-electron chi connectivity index (χ1n) is 11.2. The Hall–Kier alpha value is -2.20. The van der Waals surface area contributed by atoms with Crippen molar-refractivity contribution < 1.29 is 4.79 Å². The quantitative estimate of drug-likeness (QED) is 0.798. The molecule has 3 fully saturated rings. The number of benzene rings is 1. The molecule has 152 valence electrons. The van der Waals surface area contributed by atoms with Gasteiger partial charge in [-0.1, -0.05) is 42.8 Å². The number of pyridine rings is 1. The molecule has 1 amide bonds. The van der Waals surface area contributed by atoms with Gasteiger partial charge in [-0.2, -0.15) is 0 Å². The van der Waals surface area contributed by atoms with Gasteiger partial charge in [0.1, 0.15) is 5.69 Å². The fourth-order valence-corrected chi connectivity index (χ4v) is 6.01. The van der Waals surface area contributed by atoms with Crippen molar-refractivity contribution >= 4 is 5.91 Å². The summed E-state index contributed by atoms with van der Waals surface area (Å²) >= 11 is 0. The average molecular weight is 390 g/mol. The van der Waals surface area contributed by atoms with Crippen molar-refractivity contribution in [2.75, 3.05) is 19.6 Å². The smallest absolute Gasteiger partial charge is 0.272 e. The van der Waals surface area contributed by atoms with Gasteiger partial charge in [-0.3, -0.25) is 9.69 Å². The number of aryl methyl sites for hydroxylation is 1. The summed E-state index contributed by atoms with van der Waals surface area (Å²) in [6, 6.07) is 18.0. The summed E-state index contributed by atoms with van der Waals surface area (Å²) in [5, 5.41) is 0. The summed E-state index contributed by atoms with van der Waals surface area (Å²) in [5.41, 5.74) is 2.97. The van der Waals surface area contributed by atoms with Gasteiger partial charge in [0.15, 0.2) is 0 Å². The molecule has 0 unspecified atom stereocenters. The van der Waals surface area contributed by atoms with Crippen LogP contribution in [0.15, 0.2) is 48.5 Å². The maximum absolute atomic E-state index is 13.1. The van der Waals surface area contributed by atoms with Crippen LogP contribution in [0.2, 0.25) is 0 Å². The molecule has 4 heterocycles. The molecular formula is C25H31N3O. The van der Waals surface area contributed by atoms with Crippen molar-refractivity contribution in [2.45, 2.75) is 51.1 Å². The van der Waals surface area contributed by atoms with Crippen molar-refractivity contribution in [1.82, 2.24) is 14.8 Å². The zero-order valence-corrected chi connectivity index (χ0v) is 17.3. The Balaban J connectivity index is 1.31. The molecule has 0 N–H and O–H groups in total. The molecule has 5 rings (SSSR count). The SMILES string of the molecule is Cc1cccc(C(=O)N2C[C@@H]3C[C@H](C2)[C@@H]2CCC[C@H](Cc4ccccc4)N2C3)n1. The highest BCUT2D eigenvalue weighted by atomic mass is 16.2. The molecule has 3 aliphatic rings. The fourth-order valence-electron chi connectivity index (χ4n) is 6.01. The van der Waals surface area contributed by atoms with Crippen molar-refractivity contribution in [3.05, 3.63) is 65.5 Å². The van der Waals surface area contributed by atoms with Crippen LogP contribution in [0.1, 0.15) is 47.4 Å². The van der Waals surface area contributed by atoms with E-state index in [0.29, 0.717) is 29.6 Å². The molecule has 2 bridgehead atoms. The van der Waals surface area contributed by atoms with Crippen molar-refractivity contribution in [3.63, 3.8) is 0 Å². The lowest BCUT2D eigenvalue weighted by atomic mass is 9.74. The number of hydrogen-bond acceptors (Lipinski definition) is 3. The molecule has 0 spiro atoms. The van der Waals surface area contributed by atoms with E-state index in [2.05, 4.69) is 45.1 Å². The van der Waals surface area contributed by atoms with E-state index in [4.69, 9.17) is 0 Å². The first kappa shape index (κ1) is 18.8. The third-order valence-electron chi connectivity index (χ3n) is 7.22. The van der Waals surface area contributed by atoms with Gasteiger partial charge in [-0.25, -0.2) is 4.98 Å². The Bertz CT molecular complexity index is 867. The van der Waals surface area contributed by atoms with Crippen LogP contribution in [-0.4, -0.2) is 52.4 Å². The summed E-state index contributed by atoms with van der Waals surface area (Å²) in [6.07, 6.45) is 6.35. The van der Waals surface area contributed by atoms with E-state index in [0.717, 1.165) is 31.7 Å². The normalized spacial score (nSPS) is 29.3. The minimum atomic E-state index is 0.119. The summed E-state index contributed by atoms with van der Waals surface area (Å²) < 4.78 is 0. The highest BCUT2D eigenvalue weighted by molar-refractivity contribution is 5.92. The average Bonchev–Trinajstić information content (AvgIpc) is 2.74. The van der Waals surface area contributed by atoms with E-state index >= 15 is 0 Å².